The number of hydrogen-bond acceptors (Lipinski definition) is 2. The van der Waals surface area contributed by atoms with E-state index in [-0.39, 0.29) is 5.71 Å². The van der Waals surface area contributed by atoms with E-state index in [0.717, 1.165) is 10.0 Å². The van der Waals surface area contributed by atoms with Crippen molar-refractivity contribution in [3.05, 3.63) is 69.7 Å². The van der Waals surface area contributed by atoms with Gasteiger partial charge in [-0.3, -0.25) is 0 Å². The minimum atomic E-state index is -0.713. The van der Waals surface area contributed by atoms with Crippen LogP contribution in [0.4, 0.5) is 0 Å². The molecular formula is C15H11BrN2O2. The Kier molecular flexibility index (Phi) is 4.45. The van der Waals surface area contributed by atoms with Crippen LogP contribution in [0.3, 0.4) is 0 Å². The predicted octanol–water partition coefficient (Wildman–Crippen LogP) is 3.38. The van der Waals surface area contributed by atoms with Crippen LogP contribution in [0.2, 0.25) is 0 Å². The Hall–Kier alpha value is -2.23. The summed E-state index contributed by atoms with van der Waals surface area (Å²) < 4.78 is 5.95. The third kappa shape index (κ3) is 3.41. The van der Waals surface area contributed by atoms with Crippen molar-refractivity contribution in [1.82, 2.24) is 0 Å². The average molecular weight is 331 g/mol. The highest BCUT2D eigenvalue weighted by atomic mass is 79.9. The second-order valence-corrected chi connectivity index (χ2v) is 5.08. The van der Waals surface area contributed by atoms with Gasteiger partial charge in [-0.2, -0.15) is 4.79 Å². The minimum absolute atomic E-state index is 0.146. The lowest BCUT2D eigenvalue weighted by Gasteiger charge is -2.02. The summed E-state index contributed by atoms with van der Waals surface area (Å²) in [5.74, 6) is -0.314. The van der Waals surface area contributed by atoms with E-state index in [9.17, 15) is 4.79 Å². The van der Waals surface area contributed by atoms with Gasteiger partial charge in [-0.25, -0.2) is 4.79 Å². The van der Waals surface area contributed by atoms with Crippen LogP contribution in [0.1, 0.15) is 11.1 Å². The summed E-state index contributed by atoms with van der Waals surface area (Å²) in [4.78, 5) is 15.0. The van der Waals surface area contributed by atoms with Crippen LogP contribution < -0.4 is 4.74 Å². The maximum atomic E-state index is 12.0. The largest absolute Gasteiger partial charge is 0.427 e. The van der Waals surface area contributed by atoms with Crippen molar-refractivity contribution in [3.8, 4) is 5.75 Å². The second-order valence-electron chi connectivity index (χ2n) is 4.16. The zero-order chi connectivity index (χ0) is 14.5. The van der Waals surface area contributed by atoms with E-state index in [4.69, 9.17) is 10.3 Å². The first kappa shape index (κ1) is 14.2. The zero-order valence-corrected chi connectivity index (χ0v) is 12.3. The lowest BCUT2D eigenvalue weighted by atomic mass is 10.1. The SMILES string of the molecule is Cc1ccc(OC(=O)C(=[N+]=[N-])c2cccc(Br)c2)cc1. The second kappa shape index (κ2) is 6.28. The number of carbonyl (C=O) groups is 1. The third-order valence-electron chi connectivity index (χ3n) is 2.62. The highest BCUT2D eigenvalue weighted by Crippen LogP contribution is 2.15. The molecule has 0 saturated heterocycles. The van der Waals surface area contributed by atoms with Gasteiger partial charge in [0.05, 0.1) is 5.56 Å². The molecule has 4 nitrogen and oxygen atoms in total. The fourth-order valence-corrected chi connectivity index (χ4v) is 2.01. The quantitative estimate of drug-likeness (QED) is 0.285. The van der Waals surface area contributed by atoms with Crippen molar-refractivity contribution < 1.29 is 14.3 Å². The summed E-state index contributed by atoms with van der Waals surface area (Å²) in [5.41, 5.74) is 10.4. The number of halogens is 1. The van der Waals surface area contributed by atoms with Crippen LogP contribution in [-0.2, 0) is 4.79 Å². The highest BCUT2D eigenvalue weighted by molar-refractivity contribution is 9.10. The van der Waals surface area contributed by atoms with Gasteiger partial charge in [0.1, 0.15) is 5.75 Å². The van der Waals surface area contributed by atoms with Gasteiger partial charge < -0.3 is 10.3 Å². The van der Waals surface area contributed by atoms with E-state index < -0.39 is 5.97 Å². The average Bonchev–Trinajstić information content (AvgIpc) is 2.42. The smallest absolute Gasteiger partial charge is 0.418 e. The van der Waals surface area contributed by atoms with Crippen molar-refractivity contribution in [3.63, 3.8) is 0 Å². The molecule has 0 N–H and O–H groups in total. The third-order valence-corrected chi connectivity index (χ3v) is 3.12. The lowest BCUT2D eigenvalue weighted by molar-refractivity contribution is -0.131. The van der Waals surface area contributed by atoms with Gasteiger partial charge in [0, 0.05) is 4.47 Å². The fourth-order valence-electron chi connectivity index (χ4n) is 1.61. The number of hydrogen-bond donors (Lipinski definition) is 0. The first-order valence-corrected chi connectivity index (χ1v) is 6.66. The maximum absolute atomic E-state index is 12.0. The van der Waals surface area contributed by atoms with Crippen molar-refractivity contribution in [1.29, 1.82) is 0 Å². The van der Waals surface area contributed by atoms with Gasteiger partial charge in [-0.15, -0.1) is 0 Å². The predicted molar refractivity (Wildman–Crippen MR) is 78.7 cm³/mol. The summed E-state index contributed by atoms with van der Waals surface area (Å²) in [6.07, 6.45) is 0. The molecule has 0 aliphatic carbocycles. The van der Waals surface area contributed by atoms with Crippen LogP contribution in [0, 0.1) is 6.92 Å². The summed E-state index contributed by atoms with van der Waals surface area (Å²) in [6, 6.07) is 13.9. The van der Waals surface area contributed by atoms with Gasteiger partial charge in [0.15, 0.2) is 0 Å². The van der Waals surface area contributed by atoms with Crippen LogP contribution in [0.25, 0.3) is 5.53 Å². The molecule has 2 aromatic carbocycles. The van der Waals surface area contributed by atoms with Crippen molar-refractivity contribution >= 4 is 27.6 Å². The van der Waals surface area contributed by atoms with E-state index in [1.807, 2.05) is 25.1 Å². The topological polar surface area (TPSA) is 62.7 Å². The molecule has 2 rings (SSSR count). The first-order valence-electron chi connectivity index (χ1n) is 5.87. The van der Waals surface area contributed by atoms with E-state index in [0.29, 0.717) is 11.3 Å². The molecule has 0 amide bonds. The molecule has 0 spiro atoms. The zero-order valence-electron chi connectivity index (χ0n) is 10.7. The molecule has 0 aliphatic heterocycles. The molecular weight excluding hydrogens is 320 g/mol. The molecule has 5 heteroatoms. The van der Waals surface area contributed by atoms with Crippen LogP contribution >= 0.6 is 15.9 Å². The van der Waals surface area contributed by atoms with E-state index in [1.165, 1.54) is 0 Å². The molecule has 0 fully saturated rings. The number of aryl methyl sites for hydroxylation is 1. The first-order chi connectivity index (χ1) is 9.60. The molecule has 0 atom stereocenters. The molecule has 0 aliphatic rings. The Morgan fingerprint density at radius 2 is 1.90 bits per heavy atom. The van der Waals surface area contributed by atoms with E-state index in [1.54, 1.807) is 30.3 Å². The van der Waals surface area contributed by atoms with Gasteiger partial charge in [0.25, 0.3) is 0 Å². The van der Waals surface area contributed by atoms with Crippen LogP contribution in [-0.4, -0.2) is 16.5 Å². The fraction of sp³-hybridized carbons (Fsp3) is 0.0667. The Morgan fingerprint density at radius 1 is 1.20 bits per heavy atom. The minimum Gasteiger partial charge on any atom is -0.418 e. The molecule has 0 radical (unpaired) electrons. The summed E-state index contributed by atoms with van der Waals surface area (Å²) in [7, 11) is 0. The Morgan fingerprint density at radius 3 is 2.50 bits per heavy atom. The van der Waals surface area contributed by atoms with Gasteiger partial charge in [-0.1, -0.05) is 39.7 Å². The van der Waals surface area contributed by atoms with Gasteiger partial charge >= 0.3 is 11.7 Å². The summed E-state index contributed by atoms with van der Waals surface area (Å²) in [5, 5.41) is 0. The Bertz CT molecular complexity index is 689. The molecule has 20 heavy (non-hydrogen) atoms. The number of esters is 1. The molecule has 2 aromatic rings. The van der Waals surface area contributed by atoms with Crippen molar-refractivity contribution in [2.24, 2.45) is 0 Å². The molecule has 0 aromatic heterocycles. The standard InChI is InChI=1S/C15H11BrN2O2/c1-10-5-7-13(8-6-10)20-15(19)14(18-17)11-3-2-4-12(16)9-11/h2-9H,1H3. The molecule has 0 heterocycles. The molecule has 100 valence electrons. The number of carbonyl (C=O) groups excluding carboxylic acids is 1. The summed E-state index contributed by atoms with van der Waals surface area (Å²) in [6.45, 7) is 1.94. The molecule has 0 saturated carbocycles. The highest BCUT2D eigenvalue weighted by Gasteiger charge is 2.25. The monoisotopic (exact) mass is 330 g/mol. The number of rotatable bonds is 3. The maximum Gasteiger partial charge on any atom is 0.427 e. The number of ether oxygens (including phenoxy) is 1. The van der Waals surface area contributed by atoms with Gasteiger partial charge in [-0.05, 0) is 37.3 Å². The molecule has 0 bridgehead atoms. The van der Waals surface area contributed by atoms with Crippen molar-refractivity contribution in [2.45, 2.75) is 6.92 Å². The Balaban J connectivity index is 2.22. The molecule has 0 unspecified atom stereocenters. The van der Waals surface area contributed by atoms with Crippen molar-refractivity contribution in [2.75, 3.05) is 0 Å². The number of benzene rings is 2. The van der Waals surface area contributed by atoms with Crippen LogP contribution in [0.15, 0.2) is 53.0 Å². The normalized spacial score (nSPS) is 9.70. The Labute approximate surface area is 124 Å². The lowest BCUT2D eigenvalue weighted by Crippen LogP contribution is -2.22. The number of nitrogens with zero attached hydrogens (tertiary/aromatic N) is 2. The van der Waals surface area contributed by atoms with Gasteiger partial charge in [0.2, 0.25) is 0 Å². The summed E-state index contributed by atoms with van der Waals surface area (Å²) >= 11 is 3.29. The van der Waals surface area contributed by atoms with E-state index >= 15 is 0 Å². The van der Waals surface area contributed by atoms with Crippen LogP contribution in [0.5, 0.6) is 5.75 Å². The van der Waals surface area contributed by atoms with E-state index in [2.05, 4.69) is 20.7 Å².